The van der Waals surface area contributed by atoms with Crippen molar-refractivity contribution in [2.45, 2.75) is 37.5 Å². The second kappa shape index (κ2) is 10.6. The van der Waals surface area contributed by atoms with Gasteiger partial charge in [-0.3, -0.25) is 5.43 Å². The molecule has 1 saturated carbocycles. The molecule has 1 aliphatic rings. The third-order valence-electron chi connectivity index (χ3n) is 5.68. The number of aldehydes is 1. The van der Waals surface area contributed by atoms with Crippen LogP contribution in [0.3, 0.4) is 0 Å². The van der Waals surface area contributed by atoms with Crippen molar-refractivity contribution in [2.24, 2.45) is 5.73 Å². The van der Waals surface area contributed by atoms with E-state index in [2.05, 4.69) is 21.4 Å². The van der Waals surface area contributed by atoms with Gasteiger partial charge in [-0.2, -0.15) is 0 Å². The predicted octanol–water partition coefficient (Wildman–Crippen LogP) is 5.04. The number of hydrogen-bond acceptors (Lipinski definition) is 5. The maximum atomic E-state index is 13.1. The molecule has 0 saturated heterocycles. The summed E-state index contributed by atoms with van der Waals surface area (Å²) >= 11 is 3.42. The molecule has 3 aromatic rings. The number of anilines is 1. The Balaban J connectivity index is 1.51. The van der Waals surface area contributed by atoms with Crippen LogP contribution in [0.5, 0.6) is 0 Å². The minimum absolute atomic E-state index is 0.111. The molecule has 6 nitrogen and oxygen atoms in total. The highest BCUT2D eigenvalue weighted by Crippen LogP contribution is 2.39. The number of nitrogens with two attached hydrogens (primary N) is 1. The first-order valence-electron chi connectivity index (χ1n) is 10.9. The van der Waals surface area contributed by atoms with Crippen molar-refractivity contribution in [1.82, 2.24) is 5.01 Å². The van der Waals surface area contributed by atoms with Crippen molar-refractivity contribution in [3.8, 4) is 0 Å². The zero-order chi connectivity index (χ0) is 23.2. The van der Waals surface area contributed by atoms with E-state index in [9.17, 15) is 9.59 Å². The molecule has 3 atom stereocenters. The Morgan fingerprint density at radius 3 is 2.33 bits per heavy atom. The molecule has 0 radical (unpaired) electrons. The molecule has 1 fully saturated rings. The average molecular weight is 508 g/mol. The Morgan fingerprint density at radius 1 is 1.06 bits per heavy atom. The molecule has 0 aliphatic heterocycles. The zero-order valence-electron chi connectivity index (χ0n) is 18.1. The standard InChI is InChI=1S/C26H26BrN3O3/c27-21-10-6-18(7-11-21)14-23(16-31)30(26(32)33-17-19-4-2-1-3-5-19)29-22-12-8-20(9-13-22)24-15-25(24)28/h1-13,16,23-25,29H,14-15,17,28H2/t23?,24-,25+/m0/s1. The predicted molar refractivity (Wildman–Crippen MR) is 132 cm³/mol. The smallest absolute Gasteiger partial charge is 0.429 e. The van der Waals surface area contributed by atoms with Crippen LogP contribution in [0.2, 0.25) is 0 Å². The summed E-state index contributed by atoms with van der Waals surface area (Å²) in [6.07, 6.45) is 1.47. The van der Waals surface area contributed by atoms with Crippen LogP contribution in [0.15, 0.2) is 83.3 Å². The number of hydrogen-bond donors (Lipinski definition) is 2. The Kier molecular flexibility index (Phi) is 7.42. The Labute approximate surface area is 201 Å². The molecule has 3 N–H and O–H groups in total. The van der Waals surface area contributed by atoms with Gasteiger partial charge < -0.3 is 15.3 Å². The number of amides is 1. The molecule has 3 aromatic carbocycles. The van der Waals surface area contributed by atoms with E-state index in [1.807, 2.05) is 78.9 Å². The first-order chi connectivity index (χ1) is 16.0. The molecular formula is C26H26BrN3O3. The highest BCUT2D eigenvalue weighted by atomic mass is 79.9. The van der Waals surface area contributed by atoms with E-state index in [0.717, 1.165) is 28.3 Å². The molecule has 1 aliphatic carbocycles. The van der Waals surface area contributed by atoms with Crippen LogP contribution in [0.1, 0.15) is 29.0 Å². The normalized spacial score (nSPS) is 17.6. The number of benzene rings is 3. The van der Waals surface area contributed by atoms with Gasteiger partial charge in [-0.05, 0) is 47.4 Å². The van der Waals surface area contributed by atoms with Crippen molar-refractivity contribution in [3.05, 3.63) is 100 Å². The van der Waals surface area contributed by atoms with Gasteiger partial charge in [0, 0.05) is 22.9 Å². The van der Waals surface area contributed by atoms with Crippen LogP contribution in [0.25, 0.3) is 0 Å². The van der Waals surface area contributed by atoms with Gasteiger partial charge in [-0.15, -0.1) is 0 Å². The fourth-order valence-electron chi connectivity index (χ4n) is 3.66. The van der Waals surface area contributed by atoms with E-state index >= 15 is 0 Å². The Hall–Kier alpha value is -3.16. The van der Waals surface area contributed by atoms with Crippen LogP contribution in [-0.2, 0) is 22.6 Å². The molecule has 0 aromatic heterocycles. The number of hydrazine groups is 1. The van der Waals surface area contributed by atoms with E-state index in [0.29, 0.717) is 18.0 Å². The molecule has 7 heteroatoms. The van der Waals surface area contributed by atoms with Crippen molar-refractivity contribution in [3.63, 3.8) is 0 Å². The van der Waals surface area contributed by atoms with Gasteiger partial charge in [0.15, 0.2) is 0 Å². The third kappa shape index (κ3) is 6.21. The lowest BCUT2D eigenvalue weighted by molar-refractivity contribution is -0.111. The number of nitrogens with one attached hydrogen (secondary N) is 1. The highest BCUT2D eigenvalue weighted by molar-refractivity contribution is 9.10. The number of carbonyl (C=O) groups is 2. The van der Waals surface area contributed by atoms with Crippen molar-refractivity contribution < 1.29 is 14.3 Å². The number of halogens is 1. The average Bonchev–Trinajstić information content (AvgIpc) is 3.58. The van der Waals surface area contributed by atoms with Crippen LogP contribution < -0.4 is 11.2 Å². The van der Waals surface area contributed by atoms with Crippen LogP contribution in [0, 0.1) is 0 Å². The number of ether oxygens (including phenoxy) is 1. The lowest BCUT2D eigenvalue weighted by Crippen LogP contribution is -2.46. The number of nitrogens with zero attached hydrogens (tertiary/aromatic N) is 1. The highest BCUT2D eigenvalue weighted by Gasteiger charge is 2.34. The largest absolute Gasteiger partial charge is 0.443 e. The summed E-state index contributed by atoms with van der Waals surface area (Å²) in [4.78, 5) is 25.1. The van der Waals surface area contributed by atoms with Gasteiger partial charge in [0.1, 0.15) is 18.9 Å². The summed E-state index contributed by atoms with van der Waals surface area (Å²) in [6.45, 7) is 0.111. The first-order valence-corrected chi connectivity index (χ1v) is 11.6. The number of carbonyl (C=O) groups excluding carboxylic acids is 2. The van der Waals surface area contributed by atoms with Gasteiger partial charge in [-0.25, -0.2) is 9.80 Å². The van der Waals surface area contributed by atoms with Gasteiger partial charge in [0.25, 0.3) is 0 Å². The maximum absolute atomic E-state index is 13.1. The monoisotopic (exact) mass is 507 g/mol. The van der Waals surface area contributed by atoms with Crippen molar-refractivity contribution in [1.29, 1.82) is 0 Å². The van der Waals surface area contributed by atoms with E-state index in [1.54, 1.807) is 0 Å². The second-order valence-electron chi connectivity index (χ2n) is 8.18. The fraction of sp³-hybridized carbons (Fsp3) is 0.231. The SMILES string of the molecule is N[C@@H]1C[C@H]1c1ccc(NN(C(=O)OCc2ccccc2)C(C=O)Cc2ccc(Br)cc2)cc1. The van der Waals surface area contributed by atoms with Gasteiger partial charge in [-0.1, -0.05) is 70.5 Å². The Morgan fingerprint density at radius 2 is 1.73 bits per heavy atom. The quantitative estimate of drug-likeness (QED) is 0.313. The van der Waals surface area contributed by atoms with E-state index in [1.165, 1.54) is 10.6 Å². The second-order valence-corrected chi connectivity index (χ2v) is 9.10. The van der Waals surface area contributed by atoms with Crippen molar-refractivity contribution >= 4 is 34.0 Å². The van der Waals surface area contributed by atoms with Gasteiger partial charge in [0.05, 0.1) is 5.69 Å². The van der Waals surface area contributed by atoms with E-state index < -0.39 is 12.1 Å². The summed E-state index contributed by atoms with van der Waals surface area (Å²) in [5.74, 6) is 0.395. The molecule has 0 spiro atoms. The topological polar surface area (TPSA) is 84.7 Å². The zero-order valence-corrected chi connectivity index (χ0v) is 19.6. The summed E-state index contributed by atoms with van der Waals surface area (Å²) < 4.78 is 6.48. The fourth-order valence-corrected chi connectivity index (χ4v) is 3.92. The lowest BCUT2D eigenvalue weighted by Gasteiger charge is -2.29. The summed E-state index contributed by atoms with van der Waals surface area (Å²) in [5.41, 5.74) is 12.7. The minimum atomic E-state index is -0.758. The lowest BCUT2D eigenvalue weighted by atomic mass is 10.1. The summed E-state index contributed by atoms with van der Waals surface area (Å²) in [5, 5.41) is 1.26. The van der Waals surface area contributed by atoms with E-state index in [-0.39, 0.29) is 12.6 Å². The molecule has 33 heavy (non-hydrogen) atoms. The Bertz CT molecular complexity index is 1070. The molecule has 4 rings (SSSR count). The van der Waals surface area contributed by atoms with Gasteiger partial charge >= 0.3 is 6.09 Å². The van der Waals surface area contributed by atoms with E-state index in [4.69, 9.17) is 10.5 Å². The minimum Gasteiger partial charge on any atom is -0.443 e. The molecule has 1 amide bonds. The maximum Gasteiger partial charge on any atom is 0.429 e. The number of rotatable bonds is 9. The van der Waals surface area contributed by atoms with Crippen LogP contribution >= 0.6 is 15.9 Å². The first kappa shape index (κ1) is 23.0. The molecular weight excluding hydrogens is 482 g/mol. The molecule has 0 bridgehead atoms. The molecule has 170 valence electrons. The summed E-state index contributed by atoms with van der Waals surface area (Å²) in [7, 11) is 0. The summed E-state index contributed by atoms with van der Waals surface area (Å²) in [6, 6.07) is 24.3. The van der Waals surface area contributed by atoms with Gasteiger partial charge in [0.2, 0.25) is 0 Å². The molecule has 0 heterocycles. The molecule has 1 unspecified atom stereocenters. The third-order valence-corrected chi connectivity index (χ3v) is 6.21. The van der Waals surface area contributed by atoms with Crippen LogP contribution in [0.4, 0.5) is 10.5 Å². The van der Waals surface area contributed by atoms with Crippen molar-refractivity contribution in [2.75, 3.05) is 5.43 Å². The van der Waals surface area contributed by atoms with Crippen LogP contribution in [-0.4, -0.2) is 29.5 Å².